The Labute approximate surface area is 258 Å². The number of aryl methyl sites for hydroxylation is 1. The lowest BCUT2D eigenvalue weighted by Gasteiger charge is -2.39. The summed E-state index contributed by atoms with van der Waals surface area (Å²) in [7, 11) is 1.85. The van der Waals surface area contributed by atoms with Crippen molar-refractivity contribution in [3.05, 3.63) is 106 Å². The van der Waals surface area contributed by atoms with Crippen molar-refractivity contribution in [2.45, 2.75) is 57.2 Å². The summed E-state index contributed by atoms with van der Waals surface area (Å²) in [4.78, 5) is 32.5. The second kappa shape index (κ2) is 14.3. The van der Waals surface area contributed by atoms with Crippen LogP contribution >= 0.6 is 11.3 Å². The summed E-state index contributed by atoms with van der Waals surface area (Å²) >= 11 is 1.71. The topological polar surface area (TPSA) is 53.1 Å². The minimum Gasteiger partial charge on any atom is -0.445 e. The predicted octanol–water partition coefficient (Wildman–Crippen LogP) is 7.12. The van der Waals surface area contributed by atoms with Gasteiger partial charge in [0.25, 0.3) is 5.91 Å². The molecule has 3 aromatic rings. The fraction of sp³-hybridized carbons (Fsp3) is 0.429. The first-order valence-electron chi connectivity index (χ1n) is 15.2. The molecule has 6 nitrogen and oxygen atoms in total. The molecule has 1 saturated carbocycles. The average molecular weight is 604 g/mol. The van der Waals surface area contributed by atoms with E-state index in [0.29, 0.717) is 23.9 Å². The SMILES string of the molecule is C=CCN(C(=O)OCc1ccc(C)cc1)C1CCN(C[C@H]2CC(N(C)C(=O)c3cccc(F)c3)C[C@@H]2c2ccsc2)CC1. The van der Waals surface area contributed by atoms with Crippen molar-refractivity contribution in [2.75, 3.05) is 33.2 Å². The minimum absolute atomic E-state index is 0.0922. The van der Waals surface area contributed by atoms with E-state index in [-0.39, 0.29) is 30.7 Å². The molecule has 2 heterocycles. The number of rotatable bonds is 10. The number of ether oxygens (including phenoxy) is 1. The monoisotopic (exact) mass is 603 g/mol. The van der Waals surface area contributed by atoms with Crippen LogP contribution in [0.1, 0.15) is 58.6 Å². The van der Waals surface area contributed by atoms with Crippen molar-refractivity contribution < 1.29 is 18.7 Å². The summed E-state index contributed by atoms with van der Waals surface area (Å²) < 4.78 is 19.5. The molecule has 1 aliphatic carbocycles. The Morgan fingerprint density at radius 1 is 1.09 bits per heavy atom. The lowest BCUT2D eigenvalue weighted by atomic mass is 9.89. The third kappa shape index (κ3) is 7.73. The molecule has 2 aliphatic rings. The van der Waals surface area contributed by atoms with Crippen LogP contribution in [0, 0.1) is 18.7 Å². The number of piperidine rings is 1. The first-order chi connectivity index (χ1) is 20.8. The number of carbonyl (C=O) groups is 2. The third-order valence-electron chi connectivity index (χ3n) is 9.11. The average Bonchev–Trinajstić information content (AvgIpc) is 3.70. The van der Waals surface area contributed by atoms with Crippen molar-refractivity contribution in [2.24, 2.45) is 5.92 Å². The van der Waals surface area contributed by atoms with Gasteiger partial charge in [-0.25, -0.2) is 9.18 Å². The number of thiophene rings is 1. The van der Waals surface area contributed by atoms with E-state index in [1.54, 1.807) is 29.5 Å². The van der Waals surface area contributed by atoms with Crippen molar-refractivity contribution in [1.82, 2.24) is 14.7 Å². The first kappa shape index (κ1) is 31.0. The Bertz CT molecular complexity index is 1370. The van der Waals surface area contributed by atoms with Gasteiger partial charge >= 0.3 is 6.09 Å². The summed E-state index contributed by atoms with van der Waals surface area (Å²) in [5, 5.41) is 4.36. The van der Waals surface area contributed by atoms with Crippen molar-refractivity contribution in [3.63, 3.8) is 0 Å². The fourth-order valence-corrected chi connectivity index (χ4v) is 7.39. The van der Waals surface area contributed by atoms with Gasteiger partial charge in [0.2, 0.25) is 0 Å². The van der Waals surface area contributed by atoms with Gasteiger partial charge in [-0.05, 0) is 90.6 Å². The Morgan fingerprint density at radius 3 is 2.53 bits per heavy atom. The fourth-order valence-electron chi connectivity index (χ4n) is 6.67. The molecule has 0 bridgehead atoms. The Kier molecular flexibility index (Phi) is 10.3. The van der Waals surface area contributed by atoms with Gasteiger partial charge in [0.1, 0.15) is 12.4 Å². The van der Waals surface area contributed by atoms with Crippen molar-refractivity contribution in [3.8, 4) is 0 Å². The van der Waals surface area contributed by atoms with E-state index in [4.69, 9.17) is 4.74 Å². The number of hydrogen-bond acceptors (Lipinski definition) is 5. The molecule has 1 aliphatic heterocycles. The van der Waals surface area contributed by atoms with Gasteiger partial charge in [-0.1, -0.05) is 42.0 Å². The van der Waals surface area contributed by atoms with E-state index < -0.39 is 5.82 Å². The summed E-state index contributed by atoms with van der Waals surface area (Å²) in [6.45, 7) is 9.39. The molecule has 1 saturated heterocycles. The number of amides is 2. The van der Waals surface area contributed by atoms with E-state index in [0.717, 1.165) is 50.9 Å². The van der Waals surface area contributed by atoms with Gasteiger partial charge in [-0.15, -0.1) is 6.58 Å². The lowest BCUT2D eigenvalue weighted by molar-refractivity contribution is 0.0621. The van der Waals surface area contributed by atoms with E-state index in [2.05, 4.69) is 28.3 Å². The van der Waals surface area contributed by atoms with Crippen molar-refractivity contribution >= 4 is 23.3 Å². The minimum atomic E-state index is -0.394. The van der Waals surface area contributed by atoms with Crippen LogP contribution in [0.15, 0.2) is 78.0 Å². The van der Waals surface area contributed by atoms with Crippen LogP contribution < -0.4 is 0 Å². The maximum atomic E-state index is 13.8. The Morgan fingerprint density at radius 2 is 1.86 bits per heavy atom. The van der Waals surface area contributed by atoms with Crippen LogP contribution in [-0.2, 0) is 11.3 Å². The maximum Gasteiger partial charge on any atom is 0.410 e. The zero-order chi connectivity index (χ0) is 30.3. The van der Waals surface area contributed by atoms with Crippen LogP contribution in [0.2, 0.25) is 0 Å². The van der Waals surface area contributed by atoms with Crippen molar-refractivity contribution in [1.29, 1.82) is 0 Å². The van der Waals surface area contributed by atoms with Gasteiger partial charge in [0.05, 0.1) is 0 Å². The number of nitrogens with zero attached hydrogens (tertiary/aromatic N) is 3. The van der Waals surface area contributed by atoms with Crippen LogP contribution in [0.25, 0.3) is 0 Å². The molecule has 2 fully saturated rings. The first-order valence-corrected chi connectivity index (χ1v) is 16.1. The number of halogens is 1. The van der Waals surface area contributed by atoms with Crippen LogP contribution in [-0.4, -0.2) is 72.0 Å². The van der Waals surface area contributed by atoms with E-state index in [1.165, 1.54) is 23.3 Å². The Hall–Kier alpha value is -3.49. The molecule has 8 heteroatoms. The molecule has 2 amide bonds. The summed E-state index contributed by atoms with van der Waals surface area (Å²) in [5.74, 6) is 0.245. The number of benzene rings is 2. The number of hydrogen-bond donors (Lipinski definition) is 0. The molecule has 1 aromatic heterocycles. The highest BCUT2D eigenvalue weighted by Gasteiger charge is 2.40. The van der Waals surface area contributed by atoms with E-state index in [1.807, 2.05) is 48.0 Å². The summed E-state index contributed by atoms with van der Waals surface area (Å²) in [6, 6.07) is 16.4. The van der Waals surface area contributed by atoms with Crippen LogP contribution in [0.4, 0.5) is 9.18 Å². The van der Waals surface area contributed by atoms with Gasteiger partial charge < -0.3 is 19.4 Å². The molecule has 228 valence electrons. The Balaban J connectivity index is 1.18. The van der Waals surface area contributed by atoms with Gasteiger partial charge in [-0.3, -0.25) is 4.79 Å². The van der Waals surface area contributed by atoms with E-state index in [9.17, 15) is 14.0 Å². The zero-order valence-corrected chi connectivity index (χ0v) is 26.0. The van der Waals surface area contributed by atoms with E-state index >= 15 is 0 Å². The lowest BCUT2D eigenvalue weighted by Crippen LogP contribution is -2.48. The molecule has 2 aromatic carbocycles. The van der Waals surface area contributed by atoms with Gasteiger partial charge in [-0.2, -0.15) is 11.3 Å². The van der Waals surface area contributed by atoms with Gasteiger partial charge in [0.15, 0.2) is 0 Å². The second-order valence-electron chi connectivity index (χ2n) is 12.0. The highest BCUT2D eigenvalue weighted by atomic mass is 32.1. The highest BCUT2D eigenvalue weighted by molar-refractivity contribution is 7.08. The second-order valence-corrected chi connectivity index (χ2v) is 12.8. The quantitative estimate of drug-likeness (QED) is 0.232. The molecule has 0 spiro atoms. The van der Waals surface area contributed by atoms with Crippen LogP contribution in [0.3, 0.4) is 0 Å². The smallest absolute Gasteiger partial charge is 0.410 e. The molecule has 1 unspecified atom stereocenters. The van der Waals surface area contributed by atoms with Crippen LogP contribution in [0.5, 0.6) is 0 Å². The maximum absolute atomic E-state index is 13.8. The molecular weight excluding hydrogens is 561 g/mol. The zero-order valence-electron chi connectivity index (χ0n) is 25.2. The molecule has 5 rings (SSSR count). The summed E-state index contributed by atoms with van der Waals surface area (Å²) in [6.07, 6.45) is 5.04. The molecule has 0 radical (unpaired) electrons. The normalized spacial score (nSPS) is 21.0. The number of carbonyl (C=O) groups excluding carboxylic acids is 2. The molecule has 0 N–H and O–H groups in total. The predicted molar refractivity (Wildman–Crippen MR) is 170 cm³/mol. The largest absolute Gasteiger partial charge is 0.445 e. The standard InChI is InChI=1S/C35H42FN3O3S/c1-4-15-39(35(41)42-23-26-10-8-25(2)9-11-26)31-12-16-38(17-13-31)22-29-20-32(21-33(29)28-14-18-43-24-28)37(3)34(40)27-6-5-7-30(36)19-27/h4-11,14,18-19,24,29,31-33H,1,12-13,15-17,20-23H2,2-3H3/t29-,32?,33-/m1/s1. The number of likely N-dealkylation sites (tertiary alicyclic amines) is 1. The molecule has 43 heavy (non-hydrogen) atoms. The summed E-state index contributed by atoms with van der Waals surface area (Å²) in [5.41, 5.74) is 3.88. The molecule has 3 atom stereocenters. The highest BCUT2D eigenvalue weighted by Crippen LogP contribution is 2.43. The third-order valence-corrected chi connectivity index (χ3v) is 9.82. The van der Waals surface area contributed by atoms with Gasteiger partial charge in [0, 0.05) is 50.9 Å². The molecular formula is C35H42FN3O3S.